The largest absolute Gasteiger partial charge is 0.497 e. The lowest BCUT2D eigenvalue weighted by atomic mass is 10.1. The zero-order valence-electron chi connectivity index (χ0n) is 35.4. The minimum Gasteiger partial charge on any atom is -0.497 e. The molecule has 1 aromatic carbocycles. The second-order valence-electron chi connectivity index (χ2n) is 13.9. The Labute approximate surface area is 358 Å². The average molecular weight is 879 g/mol. The highest BCUT2D eigenvalue weighted by Gasteiger charge is 2.37. The molecule has 0 aromatic heterocycles. The molecule has 23 nitrogen and oxygen atoms in total. The van der Waals surface area contributed by atoms with Gasteiger partial charge in [-0.2, -0.15) is 0 Å². The summed E-state index contributed by atoms with van der Waals surface area (Å²) in [5.74, 6) is -9.71. The number of ether oxygens (including phenoxy) is 3. The van der Waals surface area contributed by atoms with E-state index < -0.39 is 128 Å². The SMILES string of the molecule is C=CCOC(=O)C[C@H](NC(=O)[C@H](CCC(=O)O)NC(C)=O)C(=O)N(Cc1ccc(OC)cc1OC(C)=O)[C@@H](C)C(=O)N[C@@H](CO)C(=O)N[C@@H](CCCCN)C(=O)N[C@@H](C)C(N)=O. The Bertz CT molecular complexity index is 1790. The van der Waals surface area contributed by atoms with Crippen LogP contribution in [0.3, 0.4) is 0 Å². The van der Waals surface area contributed by atoms with Crippen LogP contribution in [0.2, 0.25) is 0 Å². The first kappa shape index (κ1) is 53.4. The number of carbonyl (C=O) groups excluding carboxylic acids is 9. The van der Waals surface area contributed by atoms with Gasteiger partial charge in [0, 0.05) is 31.9 Å². The van der Waals surface area contributed by atoms with Crippen LogP contribution in [0.5, 0.6) is 11.5 Å². The van der Waals surface area contributed by atoms with Gasteiger partial charge < -0.3 is 67.4 Å². The molecule has 0 aliphatic heterocycles. The third kappa shape index (κ3) is 18.8. The van der Waals surface area contributed by atoms with Crippen molar-refractivity contribution in [1.82, 2.24) is 31.5 Å². The summed E-state index contributed by atoms with van der Waals surface area (Å²) in [7, 11) is 1.34. The Balaban J connectivity index is 3.78. The van der Waals surface area contributed by atoms with Gasteiger partial charge in [0.2, 0.25) is 41.4 Å². The lowest BCUT2D eigenvalue weighted by Gasteiger charge is -2.33. The standard InChI is InChI=1S/C39H58N8O15/c1-7-16-61-33(53)18-29(45-37(57)28(43-23(4)49)13-14-32(51)52)39(59)47(19-25-11-12-26(60-6)17-31(25)62-24(5)50)22(3)35(55)46-30(20-48)38(58)44-27(10-8-9-15-40)36(56)42-21(2)34(41)54/h7,11-12,17,21-22,27-30,48H,1,8-10,13-16,18-20,40H2,2-6H3,(H2,41,54)(H,42,56)(H,43,49)(H,44,58)(H,45,57)(H,46,55)(H,51,52)/t21-,22-,27-,28-,29-,30-/m0/s1. The quantitative estimate of drug-likeness (QED) is 0.0180. The van der Waals surface area contributed by atoms with Crippen molar-refractivity contribution in [3.63, 3.8) is 0 Å². The molecule has 0 unspecified atom stereocenters. The van der Waals surface area contributed by atoms with Crippen molar-refractivity contribution in [2.75, 3.05) is 26.9 Å². The number of benzene rings is 1. The molecule has 1 aromatic rings. The highest BCUT2D eigenvalue weighted by Crippen LogP contribution is 2.27. The van der Waals surface area contributed by atoms with Crippen LogP contribution in [0.1, 0.15) is 71.8 Å². The van der Waals surface area contributed by atoms with Gasteiger partial charge in [-0.15, -0.1) is 0 Å². The first-order valence-electron chi connectivity index (χ1n) is 19.4. The number of hydrogen-bond donors (Lipinski definition) is 9. The molecule has 0 radical (unpaired) electrons. The molecule has 0 saturated heterocycles. The summed E-state index contributed by atoms with van der Waals surface area (Å²) >= 11 is 0. The molecular formula is C39H58N8O15. The Hall–Kier alpha value is -6.62. The third-order valence-corrected chi connectivity index (χ3v) is 8.87. The van der Waals surface area contributed by atoms with Crippen molar-refractivity contribution in [1.29, 1.82) is 0 Å². The molecule has 0 spiro atoms. The number of nitrogens with zero attached hydrogens (tertiary/aromatic N) is 1. The number of nitrogens with two attached hydrogens (primary N) is 2. The number of esters is 2. The van der Waals surface area contributed by atoms with Crippen LogP contribution >= 0.6 is 0 Å². The van der Waals surface area contributed by atoms with Crippen LogP contribution < -0.4 is 47.5 Å². The van der Waals surface area contributed by atoms with Gasteiger partial charge in [-0.3, -0.25) is 47.9 Å². The van der Waals surface area contributed by atoms with E-state index in [-0.39, 0.29) is 36.6 Å². The van der Waals surface area contributed by atoms with E-state index in [2.05, 4.69) is 33.2 Å². The number of hydrogen-bond acceptors (Lipinski definition) is 15. The third-order valence-electron chi connectivity index (χ3n) is 8.87. The van der Waals surface area contributed by atoms with E-state index >= 15 is 0 Å². The number of aliphatic hydroxyl groups excluding tert-OH is 1. The average Bonchev–Trinajstić information content (AvgIpc) is 3.21. The van der Waals surface area contributed by atoms with E-state index in [0.717, 1.165) is 18.7 Å². The van der Waals surface area contributed by atoms with Gasteiger partial charge in [-0.05, 0) is 58.2 Å². The van der Waals surface area contributed by atoms with Crippen molar-refractivity contribution in [2.45, 2.75) is 109 Å². The zero-order chi connectivity index (χ0) is 47.1. The molecule has 0 saturated carbocycles. The van der Waals surface area contributed by atoms with Crippen LogP contribution in [-0.2, 0) is 59.2 Å². The van der Waals surface area contributed by atoms with Gasteiger partial charge >= 0.3 is 17.9 Å². The Kier molecular flexibility index (Phi) is 23.5. The molecule has 0 aliphatic carbocycles. The first-order valence-corrected chi connectivity index (χ1v) is 19.4. The monoisotopic (exact) mass is 878 g/mol. The fourth-order valence-corrected chi connectivity index (χ4v) is 5.51. The number of primary amides is 1. The lowest BCUT2D eigenvalue weighted by Crippen LogP contribution is -2.60. The van der Waals surface area contributed by atoms with Crippen molar-refractivity contribution >= 4 is 59.3 Å². The summed E-state index contributed by atoms with van der Waals surface area (Å²) in [5, 5.41) is 31.2. The summed E-state index contributed by atoms with van der Waals surface area (Å²) in [4.78, 5) is 129. The molecule has 11 N–H and O–H groups in total. The predicted molar refractivity (Wildman–Crippen MR) is 217 cm³/mol. The van der Waals surface area contributed by atoms with Crippen molar-refractivity contribution in [3.05, 3.63) is 36.4 Å². The van der Waals surface area contributed by atoms with Crippen molar-refractivity contribution in [3.8, 4) is 11.5 Å². The number of carbonyl (C=O) groups is 10. The predicted octanol–water partition coefficient (Wildman–Crippen LogP) is -2.61. The summed E-state index contributed by atoms with van der Waals surface area (Å²) in [5.41, 5.74) is 10.9. The molecule has 23 heteroatoms. The molecule has 344 valence electrons. The van der Waals surface area contributed by atoms with Crippen LogP contribution in [0.15, 0.2) is 30.9 Å². The number of amides is 7. The van der Waals surface area contributed by atoms with Gasteiger partial charge in [-0.25, -0.2) is 0 Å². The molecule has 0 fully saturated rings. The van der Waals surface area contributed by atoms with Crippen LogP contribution in [0, 0.1) is 0 Å². The van der Waals surface area contributed by atoms with Crippen LogP contribution in [-0.4, -0.2) is 137 Å². The molecule has 0 bridgehead atoms. The number of rotatable bonds is 28. The molecule has 6 atom stereocenters. The topological polar surface area (TPSA) is 354 Å². The summed E-state index contributed by atoms with van der Waals surface area (Å²) < 4.78 is 15.6. The number of carboxylic acid groups (broad SMARTS) is 1. The molecule has 1 rings (SSSR count). The van der Waals surface area contributed by atoms with E-state index in [1.165, 1.54) is 45.2 Å². The van der Waals surface area contributed by atoms with Crippen LogP contribution in [0.25, 0.3) is 0 Å². The smallest absolute Gasteiger partial charge is 0.308 e. The molecule has 0 heterocycles. The lowest BCUT2D eigenvalue weighted by molar-refractivity contribution is -0.150. The number of carboxylic acids is 1. The minimum atomic E-state index is -1.86. The highest BCUT2D eigenvalue weighted by atomic mass is 16.5. The number of aliphatic carboxylic acids is 1. The van der Waals surface area contributed by atoms with E-state index in [4.69, 9.17) is 25.7 Å². The zero-order valence-corrected chi connectivity index (χ0v) is 35.4. The first-order chi connectivity index (χ1) is 29.2. The fraction of sp³-hybridized carbons (Fsp3) is 0.538. The van der Waals surface area contributed by atoms with E-state index in [9.17, 15) is 58.2 Å². The molecule has 0 aliphatic rings. The molecule has 7 amide bonds. The van der Waals surface area contributed by atoms with Gasteiger partial charge in [0.25, 0.3) is 0 Å². The van der Waals surface area contributed by atoms with Crippen LogP contribution in [0.4, 0.5) is 0 Å². The summed E-state index contributed by atoms with van der Waals surface area (Å²) in [6.07, 6.45) is 0.223. The number of nitrogens with one attached hydrogen (secondary N) is 5. The Morgan fingerprint density at radius 1 is 0.839 bits per heavy atom. The maximum Gasteiger partial charge on any atom is 0.308 e. The number of methoxy groups -OCH3 is 1. The van der Waals surface area contributed by atoms with Crippen molar-refractivity contribution < 1.29 is 72.4 Å². The van der Waals surface area contributed by atoms with E-state index in [1.54, 1.807) is 0 Å². The number of unbranched alkanes of at least 4 members (excludes halogenated alkanes) is 1. The second-order valence-corrected chi connectivity index (χ2v) is 13.9. The van der Waals surface area contributed by atoms with Gasteiger partial charge in [0.15, 0.2) is 0 Å². The fourth-order valence-electron chi connectivity index (χ4n) is 5.51. The van der Waals surface area contributed by atoms with E-state index in [0.29, 0.717) is 12.8 Å². The van der Waals surface area contributed by atoms with Gasteiger partial charge in [0.05, 0.1) is 26.7 Å². The van der Waals surface area contributed by atoms with Gasteiger partial charge in [-0.1, -0.05) is 12.7 Å². The maximum atomic E-state index is 14.7. The summed E-state index contributed by atoms with van der Waals surface area (Å²) in [6.45, 7) is 6.51. The molecule has 62 heavy (non-hydrogen) atoms. The Morgan fingerprint density at radius 3 is 1.98 bits per heavy atom. The maximum absolute atomic E-state index is 14.7. The summed E-state index contributed by atoms with van der Waals surface area (Å²) in [6, 6.07) is -4.98. The molecular weight excluding hydrogens is 820 g/mol. The number of aliphatic hydroxyl groups is 1. The Morgan fingerprint density at radius 2 is 1.44 bits per heavy atom. The van der Waals surface area contributed by atoms with Gasteiger partial charge in [0.1, 0.15) is 54.4 Å². The van der Waals surface area contributed by atoms with E-state index in [1.807, 2.05) is 0 Å². The minimum absolute atomic E-state index is 0.0407. The normalized spacial score (nSPS) is 13.5. The second kappa shape index (κ2) is 27.3. The van der Waals surface area contributed by atoms with Crippen molar-refractivity contribution in [2.24, 2.45) is 11.5 Å². The highest BCUT2D eigenvalue weighted by molar-refractivity contribution is 5.98.